The molecule has 1 aromatic rings. The summed E-state index contributed by atoms with van der Waals surface area (Å²) in [6, 6.07) is 0. The van der Waals surface area contributed by atoms with Crippen molar-refractivity contribution in [2.75, 3.05) is 18.0 Å². The Kier molecular flexibility index (Phi) is 4.05. The van der Waals surface area contributed by atoms with Gasteiger partial charge in [0.1, 0.15) is 0 Å². The van der Waals surface area contributed by atoms with E-state index in [0.29, 0.717) is 5.41 Å². The van der Waals surface area contributed by atoms with Crippen LogP contribution in [0.4, 0.5) is 5.13 Å². The highest BCUT2D eigenvalue weighted by atomic mass is 32.1. The fraction of sp³-hybridized carbons (Fsp3) is 0.714. The first kappa shape index (κ1) is 13.5. The molecular weight excluding hydrogens is 244 g/mol. The maximum absolute atomic E-state index is 10.7. The molecule has 0 aromatic carbocycles. The van der Waals surface area contributed by atoms with Gasteiger partial charge in [-0.25, -0.2) is 4.98 Å². The summed E-state index contributed by atoms with van der Waals surface area (Å²) in [6.45, 7) is 9.13. The van der Waals surface area contributed by atoms with Crippen molar-refractivity contribution >= 4 is 22.8 Å². The average molecular weight is 266 g/mol. The lowest BCUT2D eigenvalue weighted by molar-refractivity contribution is 0.112. The predicted molar refractivity (Wildman–Crippen MR) is 76.5 cm³/mol. The zero-order valence-electron chi connectivity index (χ0n) is 11.5. The van der Waals surface area contributed by atoms with Crippen LogP contribution in [-0.4, -0.2) is 24.4 Å². The Morgan fingerprint density at radius 3 is 2.78 bits per heavy atom. The molecule has 1 fully saturated rings. The molecule has 0 spiro atoms. The number of carbonyl (C=O) groups is 1. The lowest BCUT2D eigenvalue weighted by Gasteiger charge is -2.29. The summed E-state index contributed by atoms with van der Waals surface area (Å²) < 4.78 is 0. The van der Waals surface area contributed by atoms with Gasteiger partial charge in [-0.05, 0) is 30.6 Å². The SMILES string of the molecule is CC(C)(C)C1CCCN(c2ncc(C=O)s2)CC1. The zero-order chi connectivity index (χ0) is 13.2. The first-order chi connectivity index (χ1) is 8.50. The highest BCUT2D eigenvalue weighted by Gasteiger charge is 2.27. The summed E-state index contributed by atoms with van der Waals surface area (Å²) in [5.74, 6) is 0.785. The molecule has 1 aliphatic rings. The van der Waals surface area contributed by atoms with Gasteiger partial charge in [0.2, 0.25) is 0 Å². The molecule has 3 nitrogen and oxygen atoms in total. The fourth-order valence-corrected chi connectivity index (χ4v) is 3.41. The number of anilines is 1. The number of hydrogen-bond acceptors (Lipinski definition) is 4. The maximum atomic E-state index is 10.7. The summed E-state index contributed by atoms with van der Waals surface area (Å²) in [7, 11) is 0. The minimum absolute atomic E-state index is 0.396. The molecule has 1 aliphatic heterocycles. The maximum Gasteiger partial charge on any atom is 0.185 e. The van der Waals surface area contributed by atoms with E-state index in [0.717, 1.165) is 35.3 Å². The van der Waals surface area contributed by atoms with E-state index in [4.69, 9.17) is 0 Å². The number of hydrogen-bond donors (Lipinski definition) is 0. The molecule has 0 radical (unpaired) electrons. The molecule has 4 heteroatoms. The van der Waals surface area contributed by atoms with Gasteiger partial charge in [0.05, 0.1) is 11.1 Å². The van der Waals surface area contributed by atoms with E-state index in [2.05, 4.69) is 30.7 Å². The molecule has 1 aromatic heterocycles. The third kappa shape index (κ3) is 3.10. The van der Waals surface area contributed by atoms with Crippen LogP contribution in [0.1, 0.15) is 49.7 Å². The monoisotopic (exact) mass is 266 g/mol. The average Bonchev–Trinajstić information content (AvgIpc) is 2.64. The topological polar surface area (TPSA) is 33.2 Å². The van der Waals surface area contributed by atoms with Crippen LogP contribution in [0.25, 0.3) is 0 Å². The van der Waals surface area contributed by atoms with Crippen molar-refractivity contribution in [3.8, 4) is 0 Å². The summed E-state index contributed by atoms with van der Waals surface area (Å²) in [5, 5.41) is 1.01. The fourth-order valence-electron chi connectivity index (χ4n) is 2.63. The third-order valence-electron chi connectivity index (χ3n) is 3.85. The van der Waals surface area contributed by atoms with Crippen molar-refractivity contribution in [3.63, 3.8) is 0 Å². The molecule has 0 amide bonds. The largest absolute Gasteiger partial charge is 0.348 e. The summed E-state index contributed by atoms with van der Waals surface area (Å²) in [5.41, 5.74) is 0.396. The van der Waals surface area contributed by atoms with Crippen LogP contribution in [0.3, 0.4) is 0 Å². The minimum atomic E-state index is 0.396. The van der Waals surface area contributed by atoms with Crippen LogP contribution in [0, 0.1) is 11.3 Å². The van der Waals surface area contributed by atoms with Gasteiger partial charge in [-0.15, -0.1) is 0 Å². The lowest BCUT2D eigenvalue weighted by Crippen LogP contribution is -2.25. The molecule has 1 saturated heterocycles. The second-order valence-corrected chi connectivity index (χ2v) is 7.18. The van der Waals surface area contributed by atoms with E-state index in [1.165, 1.54) is 30.6 Å². The third-order valence-corrected chi connectivity index (χ3v) is 4.83. The number of rotatable bonds is 2. The van der Waals surface area contributed by atoms with Gasteiger partial charge in [-0.1, -0.05) is 32.1 Å². The second kappa shape index (κ2) is 5.39. The van der Waals surface area contributed by atoms with Gasteiger partial charge < -0.3 is 4.90 Å². The Hall–Kier alpha value is -0.900. The Morgan fingerprint density at radius 1 is 1.39 bits per heavy atom. The standard InChI is InChI=1S/C14H22N2OS/c1-14(2,3)11-5-4-7-16(8-6-11)13-15-9-12(10-17)18-13/h9-11H,4-8H2,1-3H3. The van der Waals surface area contributed by atoms with Crippen molar-refractivity contribution in [1.82, 2.24) is 4.98 Å². The quantitative estimate of drug-likeness (QED) is 0.767. The van der Waals surface area contributed by atoms with E-state index in [1.54, 1.807) is 6.20 Å². The van der Waals surface area contributed by atoms with Crippen molar-refractivity contribution in [2.24, 2.45) is 11.3 Å². The van der Waals surface area contributed by atoms with Gasteiger partial charge in [0.15, 0.2) is 11.4 Å². The van der Waals surface area contributed by atoms with Gasteiger partial charge in [-0.3, -0.25) is 4.79 Å². The molecule has 18 heavy (non-hydrogen) atoms. The molecular formula is C14H22N2OS. The van der Waals surface area contributed by atoms with Gasteiger partial charge in [0.25, 0.3) is 0 Å². The van der Waals surface area contributed by atoms with E-state index < -0.39 is 0 Å². The summed E-state index contributed by atoms with van der Waals surface area (Å²) >= 11 is 1.50. The number of thiazole rings is 1. The van der Waals surface area contributed by atoms with Crippen LogP contribution in [0.5, 0.6) is 0 Å². The van der Waals surface area contributed by atoms with Crippen molar-refractivity contribution in [3.05, 3.63) is 11.1 Å². The van der Waals surface area contributed by atoms with E-state index in [-0.39, 0.29) is 0 Å². The highest BCUT2D eigenvalue weighted by Crippen LogP contribution is 2.35. The second-order valence-electron chi connectivity index (χ2n) is 6.14. The van der Waals surface area contributed by atoms with E-state index in [9.17, 15) is 4.79 Å². The van der Waals surface area contributed by atoms with Gasteiger partial charge >= 0.3 is 0 Å². The predicted octanol–water partition coefficient (Wildman–Crippen LogP) is 3.61. The van der Waals surface area contributed by atoms with Gasteiger partial charge in [-0.2, -0.15) is 0 Å². The first-order valence-electron chi connectivity index (χ1n) is 6.66. The van der Waals surface area contributed by atoms with E-state index >= 15 is 0 Å². The van der Waals surface area contributed by atoms with Crippen LogP contribution in [0.2, 0.25) is 0 Å². The number of aromatic nitrogens is 1. The van der Waals surface area contributed by atoms with Crippen molar-refractivity contribution in [1.29, 1.82) is 0 Å². The van der Waals surface area contributed by atoms with Crippen molar-refractivity contribution < 1.29 is 4.79 Å². The lowest BCUT2D eigenvalue weighted by atomic mass is 9.77. The molecule has 0 saturated carbocycles. The molecule has 0 N–H and O–H groups in total. The zero-order valence-corrected chi connectivity index (χ0v) is 12.3. The minimum Gasteiger partial charge on any atom is -0.348 e. The Labute approximate surface area is 113 Å². The highest BCUT2D eigenvalue weighted by molar-refractivity contribution is 7.17. The Morgan fingerprint density at radius 2 is 2.17 bits per heavy atom. The van der Waals surface area contributed by atoms with Crippen molar-refractivity contribution in [2.45, 2.75) is 40.0 Å². The smallest absolute Gasteiger partial charge is 0.185 e. The molecule has 1 unspecified atom stereocenters. The Balaban J connectivity index is 2.02. The summed E-state index contributed by atoms with van der Waals surface area (Å²) in [4.78, 5) is 18.1. The van der Waals surface area contributed by atoms with E-state index in [1.807, 2.05) is 0 Å². The van der Waals surface area contributed by atoms with Crippen LogP contribution < -0.4 is 4.90 Å². The Bertz CT molecular complexity index is 408. The molecule has 0 aliphatic carbocycles. The van der Waals surface area contributed by atoms with Crippen LogP contribution in [-0.2, 0) is 0 Å². The molecule has 2 heterocycles. The molecule has 1 atom stereocenters. The number of aldehydes is 1. The molecule has 0 bridgehead atoms. The normalized spacial score (nSPS) is 21.7. The molecule has 2 rings (SSSR count). The van der Waals surface area contributed by atoms with Crippen LogP contribution in [0.15, 0.2) is 6.20 Å². The molecule has 100 valence electrons. The summed E-state index contributed by atoms with van der Waals surface area (Å²) in [6.07, 6.45) is 6.30. The van der Waals surface area contributed by atoms with Crippen LogP contribution >= 0.6 is 11.3 Å². The number of carbonyl (C=O) groups excluding carboxylic acids is 1. The first-order valence-corrected chi connectivity index (χ1v) is 7.48. The van der Waals surface area contributed by atoms with Gasteiger partial charge in [0, 0.05) is 13.1 Å². The number of nitrogens with zero attached hydrogens (tertiary/aromatic N) is 2.